The van der Waals surface area contributed by atoms with Crippen molar-refractivity contribution in [2.75, 3.05) is 19.6 Å². The van der Waals surface area contributed by atoms with Crippen LogP contribution in [0, 0.1) is 0 Å². The van der Waals surface area contributed by atoms with Crippen molar-refractivity contribution in [1.82, 2.24) is 29.7 Å². The van der Waals surface area contributed by atoms with Gasteiger partial charge in [0, 0.05) is 52.1 Å². The lowest BCUT2D eigenvalue weighted by Crippen LogP contribution is -2.42. The Morgan fingerprint density at radius 2 is 2.14 bits per heavy atom. The molecular weight excluding hydrogens is 360 g/mol. The number of amides is 2. The Labute approximate surface area is 163 Å². The number of aryl methyl sites for hydroxylation is 1. The van der Waals surface area contributed by atoms with Crippen LogP contribution in [-0.4, -0.2) is 67.2 Å². The van der Waals surface area contributed by atoms with Gasteiger partial charge < -0.3 is 14.3 Å². The summed E-state index contributed by atoms with van der Waals surface area (Å²) in [5.41, 5.74) is 0.438. The normalized spacial score (nSPS) is 19.6. The molecule has 9 heteroatoms. The van der Waals surface area contributed by atoms with Gasteiger partial charge in [0.15, 0.2) is 5.82 Å². The molecule has 2 aromatic rings. The summed E-state index contributed by atoms with van der Waals surface area (Å²) >= 11 is 0. The van der Waals surface area contributed by atoms with E-state index < -0.39 is 0 Å². The van der Waals surface area contributed by atoms with Crippen molar-refractivity contribution >= 4 is 11.8 Å². The lowest BCUT2D eigenvalue weighted by atomic mass is 9.85. The van der Waals surface area contributed by atoms with Gasteiger partial charge in [0.1, 0.15) is 5.69 Å². The molecule has 1 saturated heterocycles. The summed E-state index contributed by atoms with van der Waals surface area (Å²) in [7, 11) is 1.79. The second-order valence-corrected chi connectivity index (χ2v) is 7.71. The second-order valence-electron chi connectivity index (χ2n) is 7.71. The summed E-state index contributed by atoms with van der Waals surface area (Å²) in [6.45, 7) is 3.24. The van der Waals surface area contributed by atoms with E-state index in [4.69, 9.17) is 4.52 Å². The molecule has 1 atom stereocenters. The van der Waals surface area contributed by atoms with Crippen LogP contribution in [0.3, 0.4) is 0 Å². The summed E-state index contributed by atoms with van der Waals surface area (Å²) < 4.78 is 6.98. The highest BCUT2D eigenvalue weighted by atomic mass is 16.5. The number of aromatic nitrogens is 4. The van der Waals surface area contributed by atoms with Gasteiger partial charge in [0.05, 0.1) is 6.04 Å². The SMILES string of the molecule is CC(=O)N(CCc1noc(C2CCC2)n1)[C@H]1CCN(C(=O)c2ccn(C)n2)C1. The van der Waals surface area contributed by atoms with Crippen molar-refractivity contribution in [2.45, 2.75) is 51.0 Å². The number of likely N-dealkylation sites (tertiary alicyclic amines) is 1. The van der Waals surface area contributed by atoms with Crippen LogP contribution < -0.4 is 0 Å². The lowest BCUT2D eigenvalue weighted by molar-refractivity contribution is -0.130. The predicted octanol–water partition coefficient (Wildman–Crippen LogP) is 1.38. The van der Waals surface area contributed by atoms with Gasteiger partial charge in [0.2, 0.25) is 11.8 Å². The Kier molecular flexibility index (Phi) is 5.15. The van der Waals surface area contributed by atoms with Gasteiger partial charge >= 0.3 is 0 Å². The summed E-state index contributed by atoms with van der Waals surface area (Å²) in [6, 6.07) is 1.72. The van der Waals surface area contributed by atoms with Crippen molar-refractivity contribution in [1.29, 1.82) is 0 Å². The zero-order valence-electron chi connectivity index (χ0n) is 16.4. The lowest BCUT2D eigenvalue weighted by Gasteiger charge is -2.27. The maximum absolute atomic E-state index is 12.6. The van der Waals surface area contributed by atoms with Gasteiger partial charge in [-0.05, 0) is 25.3 Å². The first-order valence-corrected chi connectivity index (χ1v) is 9.90. The average Bonchev–Trinajstić information content (AvgIpc) is 3.34. The molecule has 0 N–H and O–H groups in total. The van der Waals surface area contributed by atoms with Crippen LogP contribution >= 0.6 is 0 Å². The highest BCUT2D eigenvalue weighted by molar-refractivity contribution is 5.92. The molecule has 28 heavy (non-hydrogen) atoms. The quantitative estimate of drug-likeness (QED) is 0.744. The van der Waals surface area contributed by atoms with E-state index in [1.165, 1.54) is 6.42 Å². The highest BCUT2D eigenvalue weighted by Gasteiger charge is 2.33. The largest absolute Gasteiger partial charge is 0.339 e. The molecule has 3 heterocycles. The van der Waals surface area contributed by atoms with E-state index in [0.717, 1.165) is 25.2 Å². The first-order valence-electron chi connectivity index (χ1n) is 9.90. The van der Waals surface area contributed by atoms with E-state index in [9.17, 15) is 9.59 Å². The Morgan fingerprint density at radius 1 is 1.32 bits per heavy atom. The molecule has 2 aromatic heterocycles. The van der Waals surface area contributed by atoms with E-state index in [0.29, 0.717) is 43.5 Å². The molecule has 0 radical (unpaired) electrons. The fraction of sp³-hybridized carbons (Fsp3) is 0.632. The minimum atomic E-state index is -0.0880. The monoisotopic (exact) mass is 386 g/mol. The van der Waals surface area contributed by atoms with Crippen LogP contribution in [0.1, 0.15) is 60.7 Å². The van der Waals surface area contributed by atoms with E-state index >= 15 is 0 Å². The molecule has 0 unspecified atom stereocenters. The summed E-state index contributed by atoms with van der Waals surface area (Å²) in [4.78, 5) is 32.9. The van der Waals surface area contributed by atoms with Crippen LogP contribution in [0.4, 0.5) is 0 Å². The smallest absolute Gasteiger partial charge is 0.274 e. The van der Waals surface area contributed by atoms with Gasteiger partial charge in [-0.25, -0.2) is 0 Å². The average molecular weight is 386 g/mol. The fourth-order valence-electron chi connectivity index (χ4n) is 3.88. The second kappa shape index (κ2) is 7.73. The number of rotatable bonds is 6. The summed E-state index contributed by atoms with van der Waals surface area (Å²) in [5, 5.41) is 8.25. The van der Waals surface area contributed by atoms with Gasteiger partial charge in [0.25, 0.3) is 5.91 Å². The molecule has 4 rings (SSSR count). The van der Waals surface area contributed by atoms with E-state index in [2.05, 4.69) is 15.2 Å². The van der Waals surface area contributed by atoms with E-state index in [-0.39, 0.29) is 17.9 Å². The van der Waals surface area contributed by atoms with Gasteiger partial charge in [-0.2, -0.15) is 10.1 Å². The Balaban J connectivity index is 1.34. The van der Waals surface area contributed by atoms with Crippen molar-refractivity contribution in [3.05, 3.63) is 29.7 Å². The number of nitrogens with zero attached hydrogens (tertiary/aromatic N) is 6. The van der Waals surface area contributed by atoms with Crippen molar-refractivity contribution in [3.63, 3.8) is 0 Å². The van der Waals surface area contributed by atoms with Crippen LogP contribution in [0.2, 0.25) is 0 Å². The molecule has 1 aliphatic heterocycles. The van der Waals surface area contributed by atoms with Crippen LogP contribution in [-0.2, 0) is 18.3 Å². The zero-order chi connectivity index (χ0) is 19.7. The third-order valence-electron chi connectivity index (χ3n) is 5.74. The molecule has 1 aliphatic carbocycles. The van der Waals surface area contributed by atoms with Gasteiger partial charge in [-0.1, -0.05) is 11.6 Å². The Morgan fingerprint density at radius 3 is 2.79 bits per heavy atom. The third-order valence-corrected chi connectivity index (χ3v) is 5.74. The molecule has 0 aromatic carbocycles. The molecule has 2 fully saturated rings. The van der Waals surface area contributed by atoms with Gasteiger partial charge in [-0.15, -0.1) is 0 Å². The number of hydrogen-bond acceptors (Lipinski definition) is 6. The first-order chi connectivity index (χ1) is 13.5. The number of carbonyl (C=O) groups excluding carboxylic acids is 2. The van der Waals surface area contributed by atoms with E-state index in [1.807, 2.05) is 4.90 Å². The van der Waals surface area contributed by atoms with Crippen LogP contribution in [0.25, 0.3) is 0 Å². The van der Waals surface area contributed by atoms with Crippen molar-refractivity contribution in [3.8, 4) is 0 Å². The summed E-state index contributed by atoms with van der Waals surface area (Å²) in [6.07, 6.45) is 6.52. The van der Waals surface area contributed by atoms with Crippen LogP contribution in [0.15, 0.2) is 16.8 Å². The number of carbonyl (C=O) groups is 2. The molecule has 150 valence electrons. The Bertz CT molecular complexity index is 855. The van der Waals surface area contributed by atoms with Gasteiger partial charge in [-0.3, -0.25) is 14.3 Å². The Hall–Kier alpha value is -2.71. The fourth-order valence-corrected chi connectivity index (χ4v) is 3.88. The minimum absolute atomic E-state index is 0.000142. The molecule has 2 aliphatic rings. The standard InChI is InChI=1S/C19H26N6O3/c1-13(26)25(11-8-17-20-18(28-22-17)14-4-3-5-14)15-6-10-24(12-15)19(27)16-7-9-23(2)21-16/h7,9,14-15H,3-6,8,10-12H2,1-2H3/t15-/m0/s1. The maximum atomic E-state index is 12.6. The molecular formula is C19H26N6O3. The van der Waals surface area contributed by atoms with Crippen molar-refractivity contribution < 1.29 is 14.1 Å². The topological polar surface area (TPSA) is 97.4 Å². The predicted molar refractivity (Wildman–Crippen MR) is 99.5 cm³/mol. The minimum Gasteiger partial charge on any atom is -0.339 e. The summed E-state index contributed by atoms with van der Waals surface area (Å²) in [5.74, 6) is 1.69. The van der Waals surface area contributed by atoms with Crippen LogP contribution in [0.5, 0.6) is 0 Å². The third kappa shape index (κ3) is 3.79. The molecule has 2 amide bonds. The van der Waals surface area contributed by atoms with Crippen molar-refractivity contribution in [2.24, 2.45) is 7.05 Å². The zero-order valence-corrected chi connectivity index (χ0v) is 16.4. The molecule has 0 spiro atoms. The van der Waals surface area contributed by atoms with E-state index in [1.54, 1.807) is 35.8 Å². The molecule has 9 nitrogen and oxygen atoms in total. The molecule has 0 bridgehead atoms. The highest BCUT2D eigenvalue weighted by Crippen LogP contribution is 2.35. The first kappa shape index (κ1) is 18.6. The molecule has 1 saturated carbocycles. The number of hydrogen-bond donors (Lipinski definition) is 0. The maximum Gasteiger partial charge on any atom is 0.274 e.